The third-order valence-corrected chi connectivity index (χ3v) is 0.316. The highest BCUT2D eigenvalue weighted by molar-refractivity contribution is 7.75. The van der Waals surface area contributed by atoms with Gasteiger partial charge in [0.05, 0.1) is 0 Å². The van der Waals surface area contributed by atoms with Crippen LogP contribution in [0.5, 0.6) is 0 Å². The molecule has 0 amide bonds. The number of rotatable bonds is 2. The Bertz CT molecular complexity index is 15.1. The van der Waals surface area contributed by atoms with Gasteiger partial charge in [-0.3, -0.25) is 8.37 Å². The molecule has 0 unspecified atom stereocenters. The Morgan fingerprint density at radius 1 is 1.20 bits per heavy atom. The van der Waals surface area contributed by atoms with E-state index in [1.54, 1.807) is 0 Å². The molecule has 0 atom stereocenters. The van der Waals surface area contributed by atoms with Crippen molar-refractivity contribution in [3.63, 3.8) is 0 Å². The van der Waals surface area contributed by atoms with E-state index in [4.69, 9.17) is 0 Å². The van der Waals surface area contributed by atoms with Crippen LogP contribution in [0.4, 0.5) is 0 Å². The lowest BCUT2D eigenvalue weighted by Crippen LogP contribution is -1.76. The first-order chi connectivity index (χ1) is 2.41. The second kappa shape index (κ2) is 4.62. The molecule has 0 aliphatic heterocycles. The zero-order valence-corrected chi connectivity index (χ0v) is 4.21. The van der Waals surface area contributed by atoms with E-state index >= 15 is 0 Å². The lowest BCUT2D eigenvalue weighted by molar-refractivity contribution is 0.175. The van der Waals surface area contributed by atoms with E-state index in [1.165, 1.54) is 0 Å². The van der Waals surface area contributed by atoms with Crippen LogP contribution in [0.15, 0.2) is 0 Å². The summed E-state index contributed by atoms with van der Waals surface area (Å²) in [6.07, 6.45) is 0. The summed E-state index contributed by atoms with van der Waals surface area (Å²) in [5, 5.41) is 0. The van der Waals surface area contributed by atoms with Gasteiger partial charge in [0.25, 0.3) is 0 Å². The second-order valence-corrected chi connectivity index (χ2v) is 0.892. The maximum absolute atomic E-state index is 4.09. The van der Waals surface area contributed by atoms with Gasteiger partial charge in [0.1, 0.15) is 0 Å². The zero-order chi connectivity index (χ0) is 4.12. The third-order valence-electron chi connectivity index (χ3n) is 0.105. The molecule has 0 aromatic carbocycles. The molecule has 0 saturated heterocycles. The van der Waals surface area contributed by atoms with Crippen LogP contribution in [0.1, 0.15) is 0 Å². The SMILES string of the molecule is SOCOS. The fourth-order valence-corrected chi connectivity index (χ4v) is 0.212. The van der Waals surface area contributed by atoms with Crippen molar-refractivity contribution in [1.29, 1.82) is 0 Å². The Kier molecular flexibility index (Phi) is 5.19. The van der Waals surface area contributed by atoms with Gasteiger partial charge in [-0.2, -0.15) is 0 Å². The maximum Gasteiger partial charge on any atom is 0.172 e. The molecule has 0 aliphatic carbocycles. The van der Waals surface area contributed by atoms with Crippen molar-refractivity contribution >= 4 is 25.8 Å². The first-order valence-electron chi connectivity index (χ1n) is 0.942. The zero-order valence-electron chi connectivity index (χ0n) is 2.42. The highest BCUT2D eigenvalue weighted by atomic mass is 32.1. The minimum Gasteiger partial charge on any atom is -0.289 e. The van der Waals surface area contributed by atoms with Crippen molar-refractivity contribution in [1.82, 2.24) is 0 Å². The van der Waals surface area contributed by atoms with Crippen LogP contribution in [-0.4, -0.2) is 6.79 Å². The van der Waals surface area contributed by atoms with E-state index in [9.17, 15) is 0 Å². The molecule has 0 aromatic heterocycles. The monoisotopic (exact) mass is 112 g/mol. The van der Waals surface area contributed by atoms with Crippen LogP contribution < -0.4 is 0 Å². The molecule has 0 bridgehead atoms. The molecule has 0 spiro atoms. The van der Waals surface area contributed by atoms with Crippen molar-refractivity contribution in [3.05, 3.63) is 0 Å². The summed E-state index contributed by atoms with van der Waals surface area (Å²) in [4.78, 5) is 0. The molecular formula is CH4O2S2. The summed E-state index contributed by atoms with van der Waals surface area (Å²) in [6, 6.07) is 0. The largest absolute Gasteiger partial charge is 0.289 e. The van der Waals surface area contributed by atoms with E-state index in [0.29, 0.717) is 0 Å². The standard InChI is InChI=1S/CH4O2S2/c4-2-1-3-5/h4-5H,1H2. The Balaban J connectivity index is 2.19. The van der Waals surface area contributed by atoms with E-state index in [1.807, 2.05) is 0 Å². The second-order valence-electron chi connectivity index (χ2n) is 0.376. The van der Waals surface area contributed by atoms with Gasteiger partial charge in [-0.25, -0.2) is 0 Å². The molecule has 0 aromatic rings. The van der Waals surface area contributed by atoms with E-state index in [2.05, 4.69) is 34.2 Å². The predicted molar refractivity (Wildman–Crippen MR) is 25.0 cm³/mol. The van der Waals surface area contributed by atoms with Crippen LogP contribution in [0.2, 0.25) is 0 Å². The van der Waals surface area contributed by atoms with Crippen LogP contribution >= 0.6 is 25.8 Å². The molecule has 2 nitrogen and oxygen atoms in total. The topological polar surface area (TPSA) is 18.5 Å². The normalized spacial score (nSPS) is 8.40. The van der Waals surface area contributed by atoms with Crippen molar-refractivity contribution in [2.24, 2.45) is 0 Å². The van der Waals surface area contributed by atoms with E-state index in [0.717, 1.165) is 0 Å². The van der Waals surface area contributed by atoms with Crippen LogP contribution in [-0.2, 0) is 8.37 Å². The summed E-state index contributed by atoms with van der Waals surface area (Å²) in [5.41, 5.74) is 0. The molecule has 0 fully saturated rings. The lowest BCUT2D eigenvalue weighted by atomic mass is 11.6. The lowest BCUT2D eigenvalue weighted by Gasteiger charge is -1.84. The first kappa shape index (κ1) is 5.62. The fraction of sp³-hybridized carbons (Fsp3) is 1.00. The Labute approximate surface area is 41.7 Å². The van der Waals surface area contributed by atoms with Crippen molar-refractivity contribution in [2.75, 3.05) is 6.79 Å². The van der Waals surface area contributed by atoms with Gasteiger partial charge in [0, 0.05) is 0 Å². The first-order valence-corrected chi connectivity index (χ1v) is 1.67. The molecule has 0 heterocycles. The third kappa shape index (κ3) is 4.62. The van der Waals surface area contributed by atoms with Crippen molar-refractivity contribution < 1.29 is 8.37 Å². The molecule has 0 saturated carbocycles. The highest BCUT2D eigenvalue weighted by Gasteiger charge is 1.66. The highest BCUT2D eigenvalue weighted by Crippen LogP contribution is 1.80. The van der Waals surface area contributed by atoms with E-state index < -0.39 is 0 Å². The minimum atomic E-state index is 0.117. The molecule has 5 heavy (non-hydrogen) atoms. The van der Waals surface area contributed by atoms with Gasteiger partial charge >= 0.3 is 0 Å². The summed E-state index contributed by atoms with van der Waals surface area (Å²) >= 11 is 6.65. The summed E-state index contributed by atoms with van der Waals surface area (Å²) in [7, 11) is 0. The number of hydrogen-bond donors (Lipinski definition) is 2. The number of thiol groups is 2. The minimum absolute atomic E-state index is 0.117. The quantitative estimate of drug-likeness (QED) is 0.311. The van der Waals surface area contributed by atoms with E-state index in [-0.39, 0.29) is 6.79 Å². The smallest absolute Gasteiger partial charge is 0.172 e. The Morgan fingerprint density at radius 2 is 1.60 bits per heavy atom. The Hall–Kier alpha value is 0.620. The molecule has 0 aliphatic rings. The molecule has 0 rings (SSSR count). The van der Waals surface area contributed by atoms with Gasteiger partial charge < -0.3 is 0 Å². The number of hydrogen-bond acceptors (Lipinski definition) is 4. The molecule has 0 radical (unpaired) electrons. The molecular weight excluding hydrogens is 108 g/mol. The van der Waals surface area contributed by atoms with Gasteiger partial charge in [-0.1, -0.05) is 0 Å². The fourth-order valence-electron chi connectivity index (χ4n) is 0.0236. The summed E-state index contributed by atoms with van der Waals surface area (Å²) in [5.74, 6) is 0. The van der Waals surface area contributed by atoms with Gasteiger partial charge in [0.2, 0.25) is 0 Å². The average Bonchev–Trinajstić information content (AvgIpc) is 1.41. The van der Waals surface area contributed by atoms with Crippen LogP contribution in [0.3, 0.4) is 0 Å². The Morgan fingerprint density at radius 3 is 1.60 bits per heavy atom. The van der Waals surface area contributed by atoms with Crippen molar-refractivity contribution in [2.45, 2.75) is 0 Å². The van der Waals surface area contributed by atoms with Crippen molar-refractivity contribution in [3.8, 4) is 0 Å². The molecule has 0 N–H and O–H groups in total. The maximum atomic E-state index is 4.09. The average molecular weight is 112 g/mol. The van der Waals surface area contributed by atoms with Crippen LogP contribution in [0.25, 0.3) is 0 Å². The molecule has 32 valence electrons. The van der Waals surface area contributed by atoms with Gasteiger partial charge in [-0.15, -0.1) is 0 Å². The summed E-state index contributed by atoms with van der Waals surface area (Å²) in [6.45, 7) is 0.117. The predicted octanol–water partition coefficient (Wildman–Crippen LogP) is 0.667. The molecule has 4 heteroatoms. The van der Waals surface area contributed by atoms with Gasteiger partial charge in [0.15, 0.2) is 6.79 Å². The summed E-state index contributed by atoms with van der Waals surface area (Å²) < 4.78 is 8.17. The van der Waals surface area contributed by atoms with Crippen LogP contribution in [0, 0.1) is 0 Å². The van der Waals surface area contributed by atoms with Gasteiger partial charge in [-0.05, 0) is 25.8 Å².